The minimum atomic E-state index is -3.95. The van der Waals surface area contributed by atoms with Gasteiger partial charge >= 0.3 is 0 Å². The minimum absolute atomic E-state index is 0.196. The lowest BCUT2D eigenvalue weighted by Gasteiger charge is -2.26. The van der Waals surface area contributed by atoms with Gasteiger partial charge in [-0.2, -0.15) is 4.31 Å². The zero-order valence-electron chi connectivity index (χ0n) is 15.8. The quantitative estimate of drug-likeness (QED) is 0.614. The summed E-state index contributed by atoms with van der Waals surface area (Å²) in [6.45, 7) is 1.17. The molecule has 0 saturated carbocycles. The molecule has 2 heterocycles. The van der Waals surface area contributed by atoms with Crippen molar-refractivity contribution in [3.8, 4) is 11.3 Å². The molecule has 1 saturated heterocycles. The third kappa shape index (κ3) is 4.49. The third-order valence-electron chi connectivity index (χ3n) is 4.63. The minimum Gasteiger partial charge on any atom is -0.439 e. The second-order valence-electron chi connectivity index (χ2n) is 6.64. The molecule has 0 unspecified atom stereocenters. The first-order chi connectivity index (χ1) is 14.4. The molecule has 1 aliphatic heterocycles. The van der Waals surface area contributed by atoms with Crippen molar-refractivity contribution in [2.24, 2.45) is 0 Å². The van der Waals surface area contributed by atoms with Crippen LogP contribution in [0.2, 0.25) is 5.02 Å². The predicted octanol–water partition coefficient (Wildman–Crippen LogP) is 3.77. The first kappa shape index (κ1) is 20.8. The molecule has 1 fully saturated rings. The summed E-state index contributed by atoms with van der Waals surface area (Å²) in [5, 5.41) is 3.61. The molecule has 158 valence electrons. The number of sulfonamides is 1. The lowest BCUT2D eigenvalue weighted by atomic mass is 10.2. The van der Waals surface area contributed by atoms with Crippen LogP contribution in [0.15, 0.2) is 58.0 Å². The van der Waals surface area contributed by atoms with E-state index in [0.29, 0.717) is 22.4 Å². The molecule has 1 aromatic heterocycles. The summed E-state index contributed by atoms with van der Waals surface area (Å²) in [7, 11) is -3.95. The highest BCUT2D eigenvalue weighted by Gasteiger charge is 2.29. The maximum absolute atomic E-state index is 14.3. The molecule has 0 aliphatic carbocycles. The molecule has 30 heavy (non-hydrogen) atoms. The van der Waals surface area contributed by atoms with E-state index >= 15 is 0 Å². The Bertz CT molecular complexity index is 1150. The Morgan fingerprint density at radius 2 is 1.97 bits per heavy atom. The van der Waals surface area contributed by atoms with Gasteiger partial charge in [-0.05, 0) is 30.3 Å². The van der Waals surface area contributed by atoms with Crippen LogP contribution >= 0.6 is 11.6 Å². The highest BCUT2D eigenvalue weighted by atomic mass is 35.5. The molecule has 4 rings (SSSR count). The topological polar surface area (TPSA) is 84.7 Å². The van der Waals surface area contributed by atoms with E-state index in [9.17, 15) is 12.8 Å². The molecular weight excluding hydrogens is 433 g/mol. The number of anilines is 1. The standard InChI is InChI=1S/C20H19ClFN3O4S/c21-15-3-1-2-14(10-15)18-12-24-20(29-18)13-23-16-4-5-17(22)19(11-16)30(26,27)25-6-8-28-9-7-25/h1-5,10-12,23H,6-9,13H2. The van der Waals surface area contributed by atoms with Gasteiger partial charge in [-0.3, -0.25) is 0 Å². The van der Waals surface area contributed by atoms with Crippen LogP contribution in [-0.4, -0.2) is 44.0 Å². The van der Waals surface area contributed by atoms with Gasteiger partial charge in [-0.15, -0.1) is 0 Å². The second-order valence-corrected chi connectivity index (χ2v) is 8.99. The SMILES string of the molecule is O=S(=O)(c1cc(NCc2ncc(-c3cccc(Cl)c3)o2)ccc1F)N1CCOCC1. The van der Waals surface area contributed by atoms with Crippen molar-refractivity contribution in [2.75, 3.05) is 31.6 Å². The number of hydrogen-bond acceptors (Lipinski definition) is 6. The van der Waals surface area contributed by atoms with Gasteiger partial charge in [0, 0.05) is 29.4 Å². The van der Waals surface area contributed by atoms with E-state index in [1.54, 1.807) is 18.3 Å². The molecule has 1 aliphatic rings. The van der Waals surface area contributed by atoms with Crippen molar-refractivity contribution in [3.05, 3.63) is 65.4 Å². The third-order valence-corrected chi connectivity index (χ3v) is 6.77. The first-order valence-corrected chi connectivity index (χ1v) is 11.1. The Kier molecular flexibility index (Phi) is 6.05. The summed E-state index contributed by atoms with van der Waals surface area (Å²) in [6, 6.07) is 11.1. The summed E-state index contributed by atoms with van der Waals surface area (Å²) in [5.74, 6) is 0.155. The number of ether oxygens (including phenoxy) is 1. The number of oxazole rings is 1. The summed E-state index contributed by atoms with van der Waals surface area (Å²) < 4.78 is 52.0. The lowest BCUT2D eigenvalue weighted by molar-refractivity contribution is 0.0729. The fourth-order valence-corrected chi connectivity index (χ4v) is 4.77. The van der Waals surface area contributed by atoms with Crippen molar-refractivity contribution >= 4 is 27.3 Å². The van der Waals surface area contributed by atoms with Crippen LogP contribution in [0.1, 0.15) is 5.89 Å². The monoisotopic (exact) mass is 451 g/mol. The summed E-state index contributed by atoms with van der Waals surface area (Å²) in [6.07, 6.45) is 1.58. The van der Waals surface area contributed by atoms with Crippen LogP contribution < -0.4 is 5.32 Å². The van der Waals surface area contributed by atoms with E-state index in [2.05, 4.69) is 10.3 Å². The number of nitrogens with one attached hydrogen (secondary N) is 1. The molecule has 10 heteroatoms. The number of morpholine rings is 1. The number of rotatable bonds is 6. The van der Waals surface area contributed by atoms with Gasteiger partial charge in [-0.25, -0.2) is 17.8 Å². The molecule has 3 aromatic rings. The van der Waals surface area contributed by atoms with Crippen molar-refractivity contribution in [3.63, 3.8) is 0 Å². The molecule has 0 spiro atoms. The fraction of sp³-hybridized carbons (Fsp3) is 0.250. The van der Waals surface area contributed by atoms with E-state index in [1.807, 2.05) is 12.1 Å². The average molecular weight is 452 g/mol. The molecule has 1 N–H and O–H groups in total. The van der Waals surface area contributed by atoms with Crippen molar-refractivity contribution in [1.29, 1.82) is 0 Å². The molecule has 0 amide bonds. The van der Waals surface area contributed by atoms with E-state index in [4.69, 9.17) is 20.8 Å². The summed E-state index contributed by atoms with van der Waals surface area (Å²) in [5.41, 5.74) is 1.23. The van der Waals surface area contributed by atoms with Crippen LogP contribution in [0.25, 0.3) is 11.3 Å². The van der Waals surface area contributed by atoms with Crippen LogP contribution in [0.5, 0.6) is 0 Å². The predicted molar refractivity (Wildman–Crippen MR) is 110 cm³/mol. The van der Waals surface area contributed by atoms with Gasteiger partial charge in [-0.1, -0.05) is 23.7 Å². The van der Waals surface area contributed by atoms with Crippen molar-refractivity contribution in [1.82, 2.24) is 9.29 Å². The Labute approximate surface area is 178 Å². The maximum atomic E-state index is 14.3. The van der Waals surface area contributed by atoms with Gasteiger partial charge in [0.05, 0.1) is 26.0 Å². The number of aromatic nitrogens is 1. The molecular formula is C20H19ClFN3O4S. The van der Waals surface area contributed by atoms with Crippen LogP contribution in [0, 0.1) is 5.82 Å². The van der Waals surface area contributed by atoms with Gasteiger partial charge in [0.1, 0.15) is 10.7 Å². The Hall–Kier alpha value is -2.46. The first-order valence-electron chi connectivity index (χ1n) is 9.25. The van der Waals surface area contributed by atoms with Crippen molar-refractivity contribution < 1.29 is 22.0 Å². The fourth-order valence-electron chi connectivity index (χ4n) is 3.08. The zero-order chi connectivity index (χ0) is 21.1. The number of nitrogens with zero attached hydrogens (tertiary/aromatic N) is 2. The normalized spacial score (nSPS) is 15.3. The number of hydrogen-bond donors (Lipinski definition) is 1. The summed E-state index contributed by atoms with van der Waals surface area (Å²) in [4.78, 5) is 3.84. The Balaban J connectivity index is 1.49. The maximum Gasteiger partial charge on any atom is 0.246 e. The van der Waals surface area contributed by atoms with Gasteiger partial charge < -0.3 is 14.5 Å². The van der Waals surface area contributed by atoms with Crippen LogP contribution in [-0.2, 0) is 21.3 Å². The zero-order valence-corrected chi connectivity index (χ0v) is 17.4. The molecule has 0 bridgehead atoms. The molecule has 0 atom stereocenters. The van der Waals surface area contributed by atoms with Gasteiger partial charge in [0.25, 0.3) is 0 Å². The smallest absolute Gasteiger partial charge is 0.246 e. The van der Waals surface area contributed by atoms with Crippen molar-refractivity contribution in [2.45, 2.75) is 11.4 Å². The van der Waals surface area contributed by atoms with Gasteiger partial charge in [0.2, 0.25) is 15.9 Å². The van der Waals surface area contributed by atoms with Crippen LogP contribution in [0.4, 0.5) is 10.1 Å². The van der Waals surface area contributed by atoms with Crippen LogP contribution in [0.3, 0.4) is 0 Å². The highest BCUT2D eigenvalue weighted by Crippen LogP contribution is 2.26. The Morgan fingerprint density at radius 3 is 2.73 bits per heavy atom. The molecule has 2 aromatic carbocycles. The number of halogens is 2. The van der Waals surface area contributed by atoms with Gasteiger partial charge in [0.15, 0.2) is 5.76 Å². The van der Waals surface area contributed by atoms with E-state index in [-0.39, 0.29) is 37.7 Å². The average Bonchev–Trinajstić information content (AvgIpc) is 3.23. The van der Waals surface area contributed by atoms with E-state index in [1.165, 1.54) is 16.4 Å². The second kappa shape index (κ2) is 8.73. The summed E-state index contributed by atoms with van der Waals surface area (Å²) >= 11 is 6.00. The largest absolute Gasteiger partial charge is 0.439 e. The van der Waals surface area contributed by atoms with E-state index < -0.39 is 15.8 Å². The number of benzene rings is 2. The lowest BCUT2D eigenvalue weighted by Crippen LogP contribution is -2.40. The molecule has 7 nitrogen and oxygen atoms in total. The Morgan fingerprint density at radius 1 is 1.17 bits per heavy atom. The highest BCUT2D eigenvalue weighted by molar-refractivity contribution is 7.89. The van der Waals surface area contributed by atoms with E-state index in [0.717, 1.165) is 11.6 Å². The molecule has 0 radical (unpaired) electrons.